The Morgan fingerprint density at radius 2 is 0.827 bits per heavy atom. The summed E-state index contributed by atoms with van der Waals surface area (Å²) in [7, 11) is -4.86. The van der Waals surface area contributed by atoms with E-state index in [-0.39, 0.29) is 73.5 Å². The summed E-state index contributed by atoms with van der Waals surface area (Å²) in [5, 5.41) is 12.2. The second-order valence-electron chi connectivity index (χ2n) is 41.0. The maximum absolute atomic E-state index is 12.9. The maximum atomic E-state index is 12.9. The fraction of sp³-hybridized carbons (Fsp3) is 0.469. The SMILES string of the molecule is CC1(C)OB(B2OC(C)(C)C(C)(C)O2)OC1(C)C.CCCCC(CC)COC(=O)CCSc1cc(Br)cc(C(=O)OC(C)(C)C)c1.CCCCC(CC)COC(=O)CCSc1cc(C(=O)OC(C)(C)C)cc(-c2ccc(C)nc2)c1.CCc1ncc(Br)s1.CCc1ncc(Sc2cc(C(=O)OC(C)(C)C)cc(-c3ccc(C)nc3)c2)s1.Cc1ccc(-c2cc(C(=O)O)cc(S(=O)(=O)c3cnc(CN)s3)c2)cn1.Cc1ccc(Br)cc1. The van der Waals surface area contributed by atoms with Crippen molar-refractivity contribution in [3.8, 4) is 33.4 Å². The molecule has 0 aliphatic carbocycles. The summed E-state index contributed by atoms with van der Waals surface area (Å²) >= 11 is 19.1. The number of thiazole rings is 3. The molecule has 812 valence electrons. The number of ether oxygens (including phenoxy) is 5. The number of aromatic nitrogens is 6. The largest absolute Gasteiger partial charge is 0.488 e. The third-order valence-electron chi connectivity index (χ3n) is 23.6. The molecule has 5 aromatic carbocycles. The summed E-state index contributed by atoms with van der Waals surface area (Å²) in [5.41, 5.74) is 12.6. The van der Waals surface area contributed by atoms with Crippen molar-refractivity contribution < 1.29 is 84.6 Å². The number of carboxylic acid groups (broad SMARTS) is 1. The van der Waals surface area contributed by atoms with Crippen LogP contribution in [-0.4, -0.2) is 157 Å². The van der Waals surface area contributed by atoms with Gasteiger partial charge < -0.3 is 53.1 Å². The van der Waals surface area contributed by atoms with E-state index in [1.165, 1.54) is 71.7 Å². The molecule has 6 aromatic heterocycles. The zero-order valence-electron chi connectivity index (χ0n) is 91.6. The molecule has 0 bridgehead atoms. The van der Waals surface area contributed by atoms with Crippen molar-refractivity contribution in [1.82, 2.24) is 29.9 Å². The molecule has 3 N–H and O–H groups in total. The number of rotatable bonds is 35. The molecule has 25 nitrogen and oxygen atoms in total. The second-order valence-corrected chi connectivity index (χ2v) is 53.4. The summed E-state index contributed by atoms with van der Waals surface area (Å²) < 4.78 is 81.4. The number of pyridine rings is 3. The van der Waals surface area contributed by atoms with Crippen LogP contribution < -0.4 is 5.73 Å². The van der Waals surface area contributed by atoms with E-state index in [0.717, 1.165) is 138 Å². The van der Waals surface area contributed by atoms with Gasteiger partial charge in [-0.25, -0.2) is 42.5 Å². The molecule has 13 rings (SSSR count). The number of carbonyl (C=O) groups is 6. The number of hydrogen-bond donors (Lipinski definition) is 2. The Morgan fingerprint density at radius 3 is 1.18 bits per heavy atom. The van der Waals surface area contributed by atoms with Gasteiger partial charge in [0.05, 0.1) is 112 Å². The van der Waals surface area contributed by atoms with Crippen LogP contribution in [0.15, 0.2) is 211 Å². The van der Waals surface area contributed by atoms with Crippen LogP contribution >= 0.6 is 117 Å². The molecule has 2 unspecified atom stereocenters. The van der Waals surface area contributed by atoms with Crippen molar-refractivity contribution in [3.63, 3.8) is 0 Å². The molecule has 0 saturated carbocycles. The van der Waals surface area contributed by atoms with E-state index in [0.29, 0.717) is 82.2 Å². The average molecular weight is 2380 g/mol. The highest BCUT2D eigenvalue weighted by Gasteiger charge is 2.64. The summed E-state index contributed by atoms with van der Waals surface area (Å²) in [6.45, 7) is 54.7. The number of sulfone groups is 1. The summed E-state index contributed by atoms with van der Waals surface area (Å²) in [6, 6.07) is 40.7. The van der Waals surface area contributed by atoms with Gasteiger partial charge in [-0.15, -0.1) is 57.5 Å². The number of carboxylic acids is 1. The molecular weight excluding hydrogens is 2230 g/mol. The number of esters is 5. The molecular formula is C113H148B2Br3N7O18S7. The van der Waals surface area contributed by atoms with Crippen LogP contribution in [0.3, 0.4) is 0 Å². The molecule has 8 heterocycles. The van der Waals surface area contributed by atoms with Gasteiger partial charge in [0.2, 0.25) is 9.84 Å². The second kappa shape index (κ2) is 60.1. The third-order valence-corrected chi connectivity index (χ3v) is 33.6. The van der Waals surface area contributed by atoms with E-state index in [1.807, 2.05) is 230 Å². The van der Waals surface area contributed by atoms with Crippen molar-refractivity contribution in [2.24, 2.45) is 17.6 Å². The number of hydrogen-bond acceptors (Lipinski definition) is 30. The Morgan fingerprint density at radius 1 is 0.440 bits per heavy atom. The van der Waals surface area contributed by atoms with Gasteiger partial charge in [0.25, 0.3) is 0 Å². The van der Waals surface area contributed by atoms with Gasteiger partial charge in [-0.05, 0) is 319 Å². The minimum Gasteiger partial charge on any atom is -0.478 e. The van der Waals surface area contributed by atoms with Crippen molar-refractivity contribution in [3.05, 3.63) is 243 Å². The lowest BCUT2D eigenvalue weighted by Gasteiger charge is -2.32. The molecule has 0 amide bonds. The average Bonchev–Trinajstić information content (AvgIpc) is 1.59. The zero-order valence-corrected chi connectivity index (χ0v) is 102. The van der Waals surface area contributed by atoms with Crippen molar-refractivity contribution >= 4 is 177 Å². The van der Waals surface area contributed by atoms with Crippen molar-refractivity contribution in [1.29, 1.82) is 0 Å². The van der Waals surface area contributed by atoms with E-state index < -0.39 is 46.6 Å². The smallest absolute Gasteiger partial charge is 0.478 e. The van der Waals surface area contributed by atoms with Gasteiger partial charge in [0, 0.05) is 94.0 Å². The van der Waals surface area contributed by atoms with Crippen LogP contribution in [0.2, 0.25) is 0 Å². The van der Waals surface area contributed by atoms with E-state index in [4.69, 9.17) is 48.0 Å². The fourth-order valence-corrected chi connectivity index (χ4v) is 22.3. The van der Waals surface area contributed by atoms with Crippen LogP contribution in [0.4, 0.5) is 0 Å². The quantitative estimate of drug-likeness (QED) is 0.0161. The monoisotopic (exact) mass is 2370 g/mol. The number of aromatic carboxylic acids is 1. The lowest BCUT2D eigenvalue weighted by molar-refractivity contribution is -0.145. The number of aryl methyl sites for hydroxylation is 6. The van der Waals surface area contributed by atoms with E-state index >= 15 is 0 Å². The van der Waals surface area contributed by atoms with Crippen LogP contribution in [0.25, 0.3) is 33.4 Å². The number of unbranched alkanes of at least 4 members (excludes halogenated alkanes) is 2. The normalized spacial score (nSPS) is 14.1. The molecule has 2 aliphatic heterocycles. The minimum absolute atomic E-state index is 0.0217. The molecule has 2 atom stereocenters. The van der Waals surface area contributed by atoms with E-state index in [1.54, 1.807) is 71.1 Å². The molecule has 0 spiro atoms. The van der Waals surface area contributed by atoms with Crippen LogP contribution in [-0.2, 0) is 81.1 Å². The highest BCUT2D eigenvalue weighted by atomic mass is 79.9. The Labute approximate surface area is 939 Å². The van der Waals surface area contributed by atoms with Gasteiger partial charge in [0.1, 0.15) is 26.0 Å². The van der Waals surface area contributed by atoms with E-state index in [2.05, 4.69) is 144 Å². The van der Waals surface area contributed by atoms with Crippen LogP contribution in [0.1, 0.15) is 303 Å². The molecule has 2 aliphatic rings. The summed E-state index contributed by atoms with van der Waals surface area (Å²) in [5.74, 6) is -0.515. The highest BCUT2D eigenvalue weighted by molar-refractivity contribution is 9.11. The lowest BCUT2D eigenvalue weighted by Crippen LogP contribution is -2.41. The predicted octanol–water partition coefficient (Wildman–Crippen LogP) is 30.1. The topological polar surface area (TPSA) is 343 Å². The Balaban J connectivity index is 0.000000246. The number of halogens is 3. The first-order valence-electron chi connectivity index (χ1n) is 50.4. The van der Waals surface area contributed by atoms with E-state index in [9.17, 15) is 42.3 Å². The molecule has 37 heteroatoms. The molecule has 2 saturated heterocycles. The van der Waals surface area contributed by atoms with Crippen molar-refractivity contribution in [2.75, 3.05) is 24.7 Å². The molecule has 2 fully saturated rings. The Bertz CT molecular complexity index is 6220. The number of nitrogens with two attached hydrogens (primary N) is 1. The van der Waals surface area contributed by atoms with Gasteiger partial charge in [-0.3, -0.25) is 24.5 Å². The number of benzene rings is 5. The predicted molar refractivity (Wildman–Crippen MR) is 620 cm³/mol. The molecule has 11 aromatic rings. The Kier molecular flexibility index (Phi) is 51.5. The first-order chi connectivity index (χ1) is 70.3. The number of thioether (sulfide) groups is 2. The summed E-state index contributed by atoms with van der Waals surface area (Å²) in [4.78, 5) is 102. The highest BCUT2D eigenvalue weighted by Crippen LogP contribution is 2.45. The first-order valence-corrected chi connectivity index (χ1v) is 59.5. The van der Waals surface area contributed by atoms with Gasteiger partial charge in [-0.1, -0.05) is 160 Å². The standard InChI is InChI=1S/C28H39NO4S.C22H33BrO4S.C22H24N2O2S2.C17H15N3O4S2.C12H24B2O4.C7H7Br.C5H6BrNS/c1-7-9-10-21(8-2)19-32-26(30)13-14-34-25-16-23(22-12-11-20(3)29-18-22)15-24(17-25)27(31)33-28(4,5)6;1-6-8-9-16(7-2)15-26-20(24)10-11-28-19-13-17(12-18(23)14-19)21(25)27-22(3,4)5;1-6-19-24-13-20(28-19)27-18-10-16(15-8-7-14(2)23-12-15)9-17(11-18)21(25)26-22(3,4)5;1-10-2-3-11(8-19-10)12-4-13(17(21)22)6-14(5-12)26(23,24)16-9-20-15(7-18)25-16;1-9(2)10(3,4)16-13(15-9)14-17-11(5,6)12(7,8)18-14;1-6-2-4-7(8)5-3-6;1-2-5-7-3-4(6)8-5/h11-12,15-18,21H,7-10,13-14,19H2,1-6H3;12-14,16H,6-11,15H2,1-5H3;7-13H,6H2,1-5H3;2-6,8-9H,7,18H2,1H3,(H,21,22);1-8H3;2-5H,1H3;3H,2H2,1H3. The third kappa shape index (κ3) is 43.8. The van der Waals surface area contributed by atoms with Gasteiger partial charge >= 0.3 is 49.8 Å². The fourth-order valence-electron chi connectivity index (χ4n) is 13.7. The number of nitrogens with zero attached hydrogens (tertiary/aromatic N) is 6. The van der Waals surface area contributed by atoms with Crippen LogP contribution in [0, 0.1) is 39.5 Å². The number of carbonyl (C=O) groups excluding carboxylic acids is 5. The maximum Gasteiger partial charge on any atom is 0.488 e. The van der Waals surface area contributed by atoms with Crippen LogP contribution in [0.5, 0.6) is 0 Å². The molecule has 150 heavy (non-hydrogen) atoms. The molecule has 0 radical (unpaired) electrons. The Hall–Kier alpha value is -8.37. The van der Waals surface area contributed by atoms with Gasteiger partial charge in [-0.2, -0.15) is 0 Å². The van der Waals surface area contributed by atoms with Crippen molar-refractivity contribution in [2.45, 2.75) is 338 Å². The lowest BCUT2D eigenvalue weighted by atomic mass is 9.49. The minimum atomic E-state index is -3.91. The summed E-state index contributed by atoms with van der Waals surface area (Å²) in [6.07, 6.45) is 21.7. The zero-order chi connectivity index (χ0) is 111. The first kappa shape index (κ1) is 129. The van der Waals surface area contributed by atoms with Gasteiger partial charge in [0.15, 0.2) is 0 Å².